The van der Waals surface area contributed by atoms with Gasteiger partial charge in [-0.05, 0) is 36.4 Å². The Morgan fingerprint density at radius 3 is 2.79 bits per heavy atom. The van der Waals surface area contributed by atoms with Gasteiger partial charge in [0.05, 0.1) is 17.3 Å². The molecular weight excluding hydrogens is 338 g/mol. The van der Waals surface area contributed by atoms with Crippen LogP contribution in [-0.2, 0) is 0 Å². The molecule has 0 aliphatic rings. The summed E-state index contributed by atoms with van der Waals surface area (Å²) in [6.07, 6.45) is 0. The summed E-state index contributed by atoms with van der Waals surface area (Å²) in [5, 5.41) is 3.06. The average Bonchev–Trinajstić information content (AvgIpc) is 2.95. The summed E-state index contributed by atoms with van der Waals surface area (Å²) in [4.78, 5) is 16.5. The lowest BCUT2D eigenvalue weighted by molar-refractivity contribution is -0.0498. The number of rotatable bonds is 5. The van der Waals surface area contributed by atoms with Crippen molar-refractivity contribution in [1.29, 1.82) is 0 Å². The Morgan fingerprint density at radius 2 is 2.04 bits per heavy atom. The van der Waals surface area contributed by atoms with Gasteiger partial charge in [0, 0.05) is 5.56 Å². The number of fused-ring (bicyclic) bond motifs is 1. The Hall–Kier alpha value is -2.74. The first-order valence-corrected chi connectivity index (χ1v) is 7.67. The Bertz CT molecular complexity index is 883. The summed E-state index contributed by atoms with van der Waals surface area (Å²) >= 11 is 1.29. The predicted molar refractivity (Wildman–Crippen MR) is 87.2 cm³/mol. The standard InChI is InChI=1S/C16H12F2N2O3S/c1-22-10-5-6-12-13(8-10)24-16(19-12)20-14(21)9-3-2-4-11(7-9)23-15(17)18/h2-8,15H,1H3,(H,19,20,21). The highest BCUT2D eigenvalue weighted by atomic mass is 32.1. The average molecular weight is 350 g/mol. The van der Waals surface area contributed by atoms with E-state index in [0.29, 0.717) is 10.9 Å². The van der Waals surface area contributed by atoms with E-state index in [0.717, 1.165) is 10.2 Å². The zero-order chi connectivity index (χ0) is 17.1. The van der Waals surface area contributed by atoms with Crippen LogP contribution in [-0.4, -0.2) is 24.6 Å². The minimum absolute atomic E-state index is 0.0771. The molecule has 0 atom stereocenters. The summed E-state index contributed by atoms with van der Waals surface area (Å²) in [7, 11) is 1.57. The van der Waals surface area contributed by atoms with Gasteiger partial charge in [0.1, 0.15) is 11.5 Å². The number of nitrogens with one attached hydrogen (secondary N) is 1. The van der Waals surface area contributed by atoms with Crippen LogP contribution in [0, 0.1) is 0 Å². The van der Waals surface area contributed by atoms with Gasteiger partial charge in [-0.1, -0.05) is 17.4 Å². The van der Waals surface area contributed by atoms with Crippen molar-refractivity contribution in [2.45, 2.75) is 6.61 Å². The van der Waals surface area contributed by atoms with Crippen LogP contribution in [0.5, 0.6) is 11.5 Å². The van der Waals surface area contributed by atoms with Crippen molar-refractivity contribution in [1.82, 2.24) is 4.98 Å². The van der Waals surface area contributed by atoms with Gasteiger partial charge in [-0.3, -0.25) is 10.1 Å². The summed E-state index contributed by atoms with van der Waals surface area (Å²) in [6.45, 7) is -2.94. The number of thiazole rings is 1. The van der Waals surface area contributed by atoms with Gasteiger partial charge in [-0.2, -0.15) is 8.78 Å². The number of benzene rings is 2. The summed E-state index contributed by atoms with van der Waals surface area (Å²) in [6, 6.07) is 11.0. The van der Waals surface area contributed by atoms with E-state index in [-0.39, 0.29) is 11.3 Å². The quantitative estimate of drug-likeness (QED) is 0.751. The van der Waals surface area contributed by atoms with E-state index in [4.69, 9.17) is 4.74 Å². The molecule has 0 bridgehead atoms. The molecule has 0 saturated heterocycles. The molecule has 8 heteroatoms. The van der Waals surface area contributed by atoms with E-state index in [1.54, 1.807) is 19.2 Å². The van der Waals surface area contributed by atoms with Crippen molar-refractivity contribution in [2.75, 3.05) is 12.4 Å². The Balaban J connectivity index is 1.79. The van der Waals surface area contributed by atoms with E-state index in [9.17, 15) is 13.6 Å². The van der Waals surface area contributed by atoms with Gasteiger partial charge in [0.2, 0.25) is 0 Å². The molecule has 0 saturated carbocycles. The third-order valence-electron chi connectivity index (χ3n) is 3.14. The summed E-state index contributed by atoms with van der Waals surface area (Å²) in [5.74, 6) is 0.160. The van der Waals surface area contributed by atoms with Crippen molar-refractivity contribution in [2.24, 2.45) is 0 Å². The number of methoxy groups -OCH3 is 1. The lowest BCUT2D eigenvalue weighted by Crippen LogP contribution is -2.12. The number of ether oxygens (including phenoxy) is 2. The van der Waals surface area contributed by atoms with Crippen LogP contribution in [0.15, 0.2) is 42.5 Å². The number of nitrogens with zero attached hydrogens (tertiary/aromatic N) is 1. The van der Waals surface area contributed by atoms with Crippen molar-refractivity contribution in [3.05, 3.63) is 48.0 Å². The first-order chi connectivity index (χ1) is 11.5. The molecule has 1 heterocycles. The number of hydrogen-bond acceptors (Lipinski definition) is 5. The fourth-order valence-electron chi connectivity index (χ4n) is 2.07. The Kier molecular flexibility index (Phi) is 4.57. The zero-order valence-electron chi connectivity index (χ0n) is 12.5. The maximum absolute atomic E-state index is 12.2. The maximum Gasteiger partial charge on any atom is 0.387 e. The molecule has 24 heavy (non-hydrogen) atoms. The Labute approximate surface area is 139 Å². The van der Waals surface area contributed by atoms with Crippen LogP contribution in [0.1, 0.15) is 10.4 Å². The van der Waals surface area contributed by atoms with Gasteiger partial charge in [0.15, 0.2) is 5.13 Å². The molecule has 0 radical (unpaired) electrons. The number of carbonyl (C=O) groups excluding carboxylic acids is 1. The third kappa shape index (κ3) is 3.60. The van der Waals surface area contributed by atoms with Crippen LogP contribution >= 0.6 is 11.3 Å². The highest BCUT2D eigenvalue weighted by molar-refractivity contribution is 7.22. The van der Waals surface area contributed by atoms with E-state index < -0.39 is 12.5 Å². The molecule has 3 aromatic rings. The molecule has 0 aliphatic carbocycles. The molecule has 5 nitrogen and oxygen atoms in total. The normalized spacial score (nSPS) is 10.8. The minimum atomic E-state index is -2.94. The second kappa shape index (κ2) is 6.79. The van der Waals surface area contributed by atoms with Gasteiger partial charge in [-0.25, -0.2) is 4.98 Å². The molecule has 1 amide bonds. The molecule has 2 aromatic carbocycles. The number of carbonyl (C=O) groups is 1. The van der Waals surface area contributed by atoms with Crippen molar-refractivity contribution >= 4 is 32.6 Å². The zero-order valence-corrected chi connectivity index (χ0v) is 13.3. The molecule has 0 spiro atoms. The molecule has 124 valence electrons. The number of halogens is 2. The molecule has 3 rings (SSSR count). The van der Waals surface area contributed by atoms with Crippen molar-refractivity contribution in [3.63, 3.8) is 0 Å². The van der Waals surface area contributed by atoms with E-state index in [2.05, 4.69) is 15.0 Å². The van der Waals surface area contributed by atoms with Crippen LogP contribution in [0.25, 0.3) is 10.2 Å². The third-order valence-corrected chi connectivity index (χ3v) is 4.07. The molecule has 1 aromatic heterocycles. The van der Waals surface area contributed by atoms with Gasteiger partial charge in [-0.15, -0.1) is 0 Å². The van der Waals surface area contributed by atoms with Crippen molar-refractivity contribution < 1.29 is 23.0 Å². The molecule has 0 fully saturated rings. The maximum atomic E-state index is 12.2. The van der Waals surface area contributed by atoms with Gasteiger partial charge < -0.3 is 9.47 Å². The first kappa shape index (κ1) is 16.1. The molecule has 0 unspecified atom stereocenters. The fourth-order valence-corrected chi connectivity index (χ4v) is 2.96. The smallest absolute Gasteiger partial charge is 0.387 e. The fraction of sp³-hybridized carbons (Fsp3) is 0.125. The van der Waals surface area contributed by atoms with E-state index in [1.807, 2.05) is 6.07 Å². The van der Waals surface area contributed by atoms with Crippen LogP contribution in [0.4, 0.5) is 13.9 Å². The predicted octanol–water partition coefficient (Wildman–Crippen LogP) is 4.16. The lowest BCUT2D eigenvalue weighted by atomic mass is 10.2. The number of anilines is 1. The minimum Gasteiger partial charge on any atom is -0.497 e. The topological polar surface area (TPSA) is 60.5 Å². The number of alkyl halides is 2. The van der Waals surface area contributed by atoms with E-state index >= 15 is 0 Å². The van der Waals surface area contributed by atoms with Crippen molar-refractivity contribution in [3.8, 4) is 11.5 Å². The van der Waals surface area contributed by atoms with Gasteiger partial charge >= 0.3 is 6.61 Å². The molecule has 1 N–H and O–H groups in total. The molecular formula is C16H12F2N2O3S. The van der Waals surface area contributed by atoms with E-state index in [1.165, 1.54) is 35.6 Å². The lowest BCUT2D eigenvalue weighted by Gasteiger charge is -2.06. The number of hydrogen-bond donors (Lipinski definition) is 1. The summed E-state index contributed by atoms with van der Waals surface area (Å²) < 4.78 is 34.8. The van der Waals surface area contributed by atoms with Crippen LogP contribution < -0.4 is 14.8 Å². The largest absolute Gasteiger partial charge is 0.497 e. The summed E-state index contributed by atoms with van der Waals surface area (Å²) in [5.41, 5.74) is 0.927. The monoisotopic (exact) mass is 350 g/mol. The molecule has 0 aliphatic heterocycles. The SMILES string of the molecule is COc1ccc2nc(NC(=O)c3cccc(OC(F)F)c3)sc2c1. The van der Waals surface area contributed by atoms with Gasteiger partial charge in [0.25, 0.3) is 5.91 Å². The number of aromatic nitrogens is 1. The number of amides is 1. The van der Waals surface area contributed by atoms with Crippen LogP contribution in [0.3, 0.4) is 0 Å². The van der Waals surface area contributed by atoms with Crippen LogP contribution in [0.2, 0.25) is 0 Å². The second-order valence-corrected chi connectivity index (χ2v) is 5.74. The Morgan fingerprint density at radius 1 is 1.21 bits per heavy atom. The first-order valence-electron chi connectivity index (χ1n) is 6.86. The second-order valence-electron chi connectivity index (χ2n) is 4.71. The highest BCUT2D eigenvalue weighted by Gasteiger charge is 2.12. The highest BCUT2D eigenvalue weighted by Crippen LogP contribution is 2.29.